The summed E-state index contributed by atoms with van der Waals surface area (Å²) in [5.74, 6) is -1.20. The lowest BCUT2D eigenvalue weighted by atomic mass is 10.2. The van der Waals surface area contributed by atoms with Crippen molar-refractivity contribution in [2.75, 3.05) is 91.7 Å². The summed E-state index contributed by atoms with van der Waals surface area (Å²) in [5, 5.41) is 11.9. The molecule has 0 spiro atoms. The molecule has 0 unspecified atom stereocenters. The Morgan fingerprint density at radius 3 is 1.07 bits per heavy atom. The molecule has 13 heteroatoms. The number of hydrogen-bond donors (Lipinski definition) is 2. The number of amides is 1. The minimum absolute atomic E-state index is 0.00576. The van der Waals surface area contributed by atoms with E-state index in [2.05, 4.69) is 5.32 Å². The van der Waals surface area contributed by atoms with Gasteiger partial charge in [-0.1, -0.05) is 0 Å². The molecule has 256 valence electrons. The lowest BCUT2D eigenvalue weighted by Gasteiger charge is -2.34. The highest BCUT2D eigenvalue weighted by atomic mass is 16.6. The van der Waals surface area contributed by atoms with Crippen LogP contribution >= 0.6 is 0 Å². The van der Waals surface area contributed by atoms with E-state index >= 15 is 0 Å². The Bertz CT molecular complexity index is 864. The first kappa shape index (κ1) is 39.7. The minimum Gasteiger partial charge on any atom is -0.459 e. The molecule has 1 aliphatic rings. The van der Waals surface area contributed by atoms with Crippen LogP contribution in [0, 0.1) is 0 Å². The fourth-order valence-electron chi connectivity index (χ4n) is 4.45. The standard InChI is InChI=1S/C31H59N5O8/c1-29(2,3)42-26(39)22-34-14-12-33(21-25(38)32-11-10-20-37)13-15-35(23-27(40)43-30(4,5)6)17-19-36(18-16-34)24-28(41)44-31(7,8)9/h37H,10-24H2,1-9H3,(H,32,38). The van der Waals surface area contributed by atoms with Crippen molar-refractivity contribution in [3.05, 3.63) is 0 Å². The lowest BCUT2D eigenvalue weighted by Crippen LogP contribution is -2.50. The number of aliphatic hydroxyl groups excluding tert-OH is 1. The van der Waals surface area contributed by atoms with Gasteiger partial charge in [0.2, 0.25) is 5.91 Å². The van der Waals surface area contributed by atoms with Crippen LogP contribution in [0.1, 0.15) is 68.7 Å². The van der Waals surface area contributed by atoms with Crippen LogP contribution in [0.2, 0.25) is 0 Å². The van der Waals surface area contributed by atoms with Crippen molar-refractivity contribution in [1.82, 2.24) is 24.9 Å². The summed E-state index contributed by atoms with van der Waals surface area (Å²) in [5.41, 5.74) is -1.87. The second-order valence-corrected chi connectivity index (χ2v) is 14.3. The molecule has 0 saturated carbocycles. The average Bonchev–Trinajstić information content (AvgIpc) is 2.82. The van der Waals surface area contributed by atoms with Gasteiger partial charge in [-0.3, -0.25) is 38.8 Å². The predicted octanol–water partition coefficient (Wildman–Crippen LogP) is 0.732. The van der Waals surface area contributed by atoms with Gasteiger partial charge in [-0.25, -0.2) is 0 Å². The summed E-state index contributed by atoms with van der Waals surface area (Å²) in [6.45, 7) is 21.0. The number of ether oxygens (including phenoxy) is 3. The molecule has 0 atom stereocenters. The third kappa shape index (κ3) is 20.6. The van der Waals surface area contributed by atoms with Crippen LogP contribution in [0.5, 0.6) is 0 Å². The Balaban J connectivity index is 3.19. The molecule has 0 aromatic rings. The van der Waals surface area contributed by atoms with E-state index in [4.69, 9.17) is 19.3 Å². The smallest absolute Gasteiger partial charge is 0.320 e. The van der Waals surface area contributed by atoms with E-state index < -0.39 is 16.8 Å². The van der Waals surface area contributed by atoms with Crippen molar-refractivity contribution in [3.63, 3.8) is 0 Å². The minimum atomic E-state index is -0.622. The number of nitrogens with one attached hydrogen (secondary N) is 1. The number of aliphatic hydroxyl groups is 1. The number of carbonyl (C=O) groups is 4. The Morgan fingerprint density at radius 1 is 0.545 bits per heavy atom. The Labute approximate surface area is 264 Å². The predicted molar refractivity (Wildman–Crippen MR) is 168 cm³/mol. The van der Waals surface area contributed by atoms with Crippen molar-refractivity contribution in [2.24, 2.45) is 0 Å². The molecular formula is C31H59N5O8. The average molecular weight is 630 g/mol. The maximum Gasteiger partial charge on any atom is 0.320 e. The van der Waals surface area contributed by atoms with Gasteiger partial charge in [-0.05, 0) is 68.7 Å². The Kier molecular flexibility index (Phi) is 16.8. The zero-order valence-corrected chi connectivity index (χ0v) is 28.7. The maximum absolute atomic E-state index is 12.8. The largest absolute Gasteiger partial charge is 0.459 e. The van der Waals surface area contributed by atoms with E-state index in [-0.39, 0.29) is 56.6 Å². The second-order valence-electron chi connectivity index (χ2n) is 14.3. The highest BCUT2D eigenvalue weighted by molar-refractivity contribution is 5.78. The van der Waals surface area contributed by atoms with Gasteiger partial charge >= 0.3 is 17.9 Å². The molecule has 1 fully saturated rings. The summed E-state index contributed by atoms with van der Waals surface area (Å²) in [6.07, 6.45) is 0.471. The van der Waals surface area contributed by atoms with Crippen LogP contribution in [-0.4, -0.2) is 157 Å². The monoisotopic (exact) mass is 629 g/mol. The second kappa shape index (κ2) is 18.6. The molecule has 1 amide bonds. The fraction of sp³-hybridized carbons (Fsp3) is 0.871. The van der Waals surface area contributed by atoms with Gasteiger partial charge in [0.15, 0.2) is 0 Å². The van der Waals surface area contributed by atoms with Gasteiger partial charge in [0, 0.05) is 65.5 Å². The summed E-state index contributed by atoms with van der Waals surface area (Å²) < 4.78 is 16.7. The molecule has 0 bridgehead atoms. The quantitative estimate of drug-likeness (QED) is 0.189. The molecule has 1 saturated heterocycles. The molecule has 0 aromatic heterocycles. The summed E-state index contributed by atoms with van der Waals surface area (Å²) in [6, 6.07) is 0. The highest BCUT2D eigenvalue weighted by Gasteiger charge is 2.26. The topological polar surface area (TPSA) is 141 Å². The normalized spacial score (nSPS) is 17.7. The molecule has 2 N–H and O–H groups in total. The third-order valence-electron chi connectivity index (χ3n) is 6.27. The van der Waals surface area contributed by atoms with E-state index in [1.54, 1.807) is 0 Å². The summed E-state index contributed by atoms with van der Waals surface area (Å²) in [4.78, 5) is 58.9. The van der Waals surface area contributed by atoms with E-state index in [1.807, 2.05) is 81.9 Å². The first-order valence-electron chi connectivity index (χ1n) is 15.7. The molecule has 1 rings (SSSR count). The fourth-order valence-corrected chi connectivity index (χ4v) is 4.45. The molecule has 1 aliphatic heterocycles. The van der Waals surface area contributed by atoms with E-state index in [0.717, 1.165) is 0 Å². The Morgan fingerprint density at radius 2 is 0.818 bits per heavy atom. The molecule has 0 aromatic carbocycles. The first-order valence-corrected chi connectivity index (χ1v) is 15.7. The van der Waals surface area contributed by atoms with Crippen molar-refractivity contribution in [2.45, 2.75) is 85.5 Å². The van der Waals surface area contributed by atoms with Gasteiger partial charge in [0.1, 0.15) is 16.8 Å². The third-order valence-corrected chi connectivity index (χ3v) is 6.27. The van der Waals surface area contributed by atoms with Crippen molar-refractivity contribution in [1.29, 1.82) is 0 Å². The van der Waals surface area contributed by atoms with Crippen LogP contribution in [0.25, 0.3) is 0 Å². The highest BCUT2D eigenvalue weighted by Crippen LogP contribution is 2.11. The van der Waals surface area contributed by atoms with Crippen LogP contribution in [0.15, 0.2) is 0 Å². The lowest BCUT2D eigenvalue weighted by molar-refractivity contribution is -0.158. The van der Waals surface area contributed by atoms with Crippen LogP contribution in [0.3, 0.4) is 0 Å². The zero-order chi connectivity index (χ0) is 33.6. The van der Waals surface area contributed by atoms with E-state index in [1.165, 1.54) is 0 Å². The van der Waals surface area contributed by atoms with E-state index in [9.17, 15) is 19.2 Å². The van der Waals surface area contributed by atoms with Gasteiger partial charge in [0.25, 0.3) is 0 Å². The molecule has 1 heterocycles. The molecule has 0 aliphatic carbocycles. The first-order chi connectivity index (χ1) is 20.2. The number of hydrogen-bond acceptors (Lipinski definition) is 12. The van der Waals surface area contributed by atoms with Crippen LogP contribution in [-0.2, 0) is 33.4 Å². The van der Waals surface area contributed by atoms with Gasteiger partial charge in [-0.2, -0.15) is 0 Å². The molecule has 44 heavy (non-hydrogen) atoms. The number of nitrogens with zero attached hydrogens (tertiary/aromatic N) is 4. The molecule has 13 nitrogen and oxygen atoms in total. The molecule has 0 radical (unpaired) electrons. The zero-order valence-electron chi connectivity index (χ0n) is 28.7. The van der Waals surface area contributed by atoms with Crippen molar-refractivity contribution >= 4 is 23.8 Å². The number of carbonyl (C=O) groups excluding carboxylic acids is 4. The number of esters is 3. The van der Waals surface area contributed by atoms with Crippen molar-refractivity contribution < 1.29 is 38.5 Å². The van der Waals surface area contributed by atoms with Gasteiger partial charge < -0.3 is 24.6 Å². The van der Waals surface area contributed by atoms with Gasteiger partial charge in [0.05, 0.1) is 26.2 Å². The van der Waals surface area contributed by atoms with Crippen molar-refractivity contribution in [3.8, 4) is 0 Å². The van der Waals surface area contributed by atoms with Crippen LogP contribution < -0.4 is 5.32 Å². The Hall–Kier alpha value is -2.32. The van der Waals surface area contributed by atoms with Crippen LogP contribution in [0.4, 0.5) is 0 Å². The maximum atomic E-state index is 12.8. The summed E-state index contributed by atoms with van der Waals surface area (Å²) in [7, 11) is 0. The molecular weight excluding hydrogens is 570 g/mol. The SMILES string of the molecule is CC(C)(C)OC(=O)CN1CCN(CC(=O)NCCCO)CCN(CC(=O)OC(C)(C)C)CCN(CC(=O)OC(C)(C)C)CC1. The summed E-state index contributed by atoms with van der Waals surface area (Å²) >= 11 is 0. The van der Waals surface area contributed by atoms with E-state index in [0.29, 0.717) is 65.3 Å². The van der Waals surface area contributed by atoms with Gasteiger partial charge in [-0.15, -0.1) is 0 Å². The number of rotatable bonds is 11.